The third-order valence-corrected chi connectivity index (χ3v) is 6.78. The van der Waals surface area contributed by atoms with Crippen LogP contribution in [0.15, 0.2) is 58.4 Å². The highest BCUT2D eigenvalue weighted by atomic mass is 32.2. The molecule has 5 nitrogen and oxygen atoms in total. The molecule has 2 aromatic rings. The summed E-state index contributed by atoms with van der Waals surface area (Å²) in [5.41, 5.74) is 9.75. The molecular formula is C21H27N3O2S. The molecule has 0 aromatic heterocycles. The lowest BCUT2D eigenvalue weighted by atomic mass is 9.90. The first-order valence-electron chi connectivity index (χ1n) is 9.48. The summed E-state index contributed by atoms with van der Waals surface area (Å²) in [6.07, 6.45) is 5.12. The molecule has 1 aliphatic rings. The molecule has 0 heterocycles. The van der Waals surface area contributed by atoms with Gasteiger partial charge < -0.3 is 11.1 Å². The zero-order valence-corrected chi connectivity index (χ0v) is 16.5. The molecule has 6 heteroatoms. The number of hydrogen-bond donors (Lipinski definition) is 2. The van der Waals surface area contributed by atoms with Gasteiger partial charge in [0.2, 0.25) is 0 Å². The van der Waals surface area contributed by atoms with Crippen LogP contribution in [0.2, 0.25) is 0 Å². The molecule has 0 saturated heterocycles. The van der Waals surface area contributed by atoms with Crippen molar-refractivity contribution in [2.45, 2.75) is 50.0 Å². The summed E-state index contributed by atoms with van der Waals surface area (Å²) in [6, 6.07) is 14.3. The molecule has 3 rings (SSSR count). The summed E-state index contributed by atoms with van der Waals surface area (Å²) in [5.74, 6) is 0.215. The van der Waals surface area contributed by atoms with Gasteiger partial charge >= 0.3 is 0 Å². The summed E-state index contributed by atoms with van der Waals surface area (Å²) in [6.45, 7) is 1.92. The number of nitrogens with one attached hydrogen (secondary N) is 1. The molecule has 1 unspecified atom stereocenters. The van der Waals surface area contributed by atoms with Gasteiger partial charge in [0.1, 0.15) is 0 Å². The SMILES string of the molecule is CCC(CS(=O)(=O)c1ccccc1)N=C(N)Nc1cccc2c1CCCC2. The van der Waals surface area contributed by atoms with Crippen molar-refractivity contribution in [1.29, 1.82) is 0 Å². The first-order valence-corrected chi connectivity index (χ1v) is 11.1. The van der Waals surface area contributed by atoms with Crippen LogP contribution in [-0.4, -0.2) is 26.2 Å². The number of aliphatic imine (C=N–C) groups is 1. The van der Waals surface area contributed by atoms with Gasteiger partial charge in [-0.3, -0.25) is 0 Å². The summed E-state index contributed by atoms with van der Waals surface area (Å²) in [7, 11) is -3.39. The van der Waals surface area contributed by atoms with Gasteiger partial charge in [-0.2, -0.15) is 0 Å². The van der Waals surface area contributed by atoms with Crippen LogP contribution in [-0.2, 0) is 22.7 Å². The third kappa shape index (κ3) is 4.89. The summed E-state index contributed by atoms with van der Waals surface area (Å²) >= 11 is 0. The predicted octanol–water partition coefficient (Wildman–Crippen LogP) is 3.54. The molecule has 0 aliphatic heterocycles. The Hall–Kier alpha value is -2.34. The van der Waals surface area contributed by atoms with Crippen LogP contribution in [0, 0.1) is 0 Å². The zero-order valence-electron chi connectivity index (χ0n) is 15.7. The number of rotatable bonds is 6. The molecule has 144 valence electrons. The molecule has 27 heavy (non-hydrogen) atoms. The van der Waals surface area contributed by atoms with E-state index in [4.69, 9.17) is 5.73 Å². The minimum Gasteiger partial charge on any atom is -0.370 e. The van der Waals surface area contributed by atoms with Crippen LogP contribution in [0.5, 0.6) is 0 Å². The molecule has 0 saturated carbocycles. The van der Waals surface area contributed by atoms with Crippen LogP contribution in [0.1, 0.15) is 37.3 Å². The Balaban J connectivity index is 1.74. The van der Waals surface area contributed by atoms with E-state index in [1.807, 2.05) is 19.1 Å². The fourth-order valence-electron chi connectivity index (χ4n) is 3.49. The van der Waals surface area contributed by atoms with E-state index in [9.17, 15) is 8.42 Å². The zero-order chi connectivity index (χ0) is 19.3. The van der Waals surface area contributed by atoms with Crippen LogP contribution in [0.25, 0.3) is 0 Å². The van der Waals surface area contributed by atoms with Crippen molar-refractivity contribution in [1.82, 2.24) is 0 Å². The summed E-state index contributed by atoms with van der Waals surface area (Å²) < 4.78 is 25.2. The minimum atomic E-state index is -3.39. The molecule has 0 amide bonds. The maximum atomic E-state index is 12.6. The van der Waals surface area contributed by atoms with Crippen molar-refractivity contribution in [2.24, 2.45) is 10.7 Å². The van der Waals surface area contributed by atoms with E-state index >= 15 is 0 Å². The van der Waals surface area contributed by atoms with E-state index in [-0.39, 0.29) is 17.8 Å². The number of benzene rings is 2. The lowest BCUT2D eigenvalue weighted by Crippen LogP contribution is -2.28. The number of sulfone groups is 1. The van der Waals surface area contributed by atoms with E-state index in [1.54, 1.807) is 30.3 Å². The third-order valence-electron chi connectivity index (χ3n) is 4.97. The summed E-state index contributed by atoms with van der Waals surface area (Å²) in [5, 5.41) is 3.19. The number of nitrogens with zero attached hydrogens (tertiary/aromatic N) is 1. The fraction of sp³-hybridized carbons (Fsp3) is 0.381. The van der Waals surface area contributed by atoms with Gasteiger partial charge in [-0.25, -0.2) is 13.4 Å². The van der Waals surface area contributed by atoms with Crippen molar-refractivity contribution in [2.75, 3.05) is 11.1 Å². The van der Waals surface area contributed by atoms with Gasteiger partial charge in [0.15, 0.2) is 15.8 Å². The normalized spacial score (nSPS) is 15.8. The first kappa shape index (κ1) is 19.4. The monoisotopic (exact) mass is 385 g/mol. The van der Waals surface area contributed by atoms with Gasteiger partial charge in [0.25, 0.3) is 0 Å². The van der Waals surface area contributed by atoms with Gasteiger partial charge in [-0.1, -0.05) is 37.3 Å². The lowest BCUT2D eigenvalue weighted by Gasteiger charge is -2.20. The number of aryl methyl sites for hydroxylation is 1. The lowest BCUT2D eigenvalue weighted by molar-refractivity contribution is 0.584. The van der Waals surface area contributed by atoms with E-state index < -0.39 is 9.84 Å². The van der Waals surface area contributed by atoms with Gasteiger partial charge in [0.05, 0.1) is 16.7 Å². The first-order chi connectivity index (χ1) is 13.0. The molecule has 1 atom stereocenters. The summed E-state index contributed by atoms with van der Waals surface area (Å²) in [4.78, 5) is 4.78. The Kier molecular flexibility index (Phi) is 6.16. The van der Waals surface area contributed by atoms with E-state index in [2.05, 4.69) is 16.4 Å². The second kappa shape index (κ2) is 8.57. The van der Waals surface area contributed by atoms with Crippen molar-refractivity contribution in [3.63, 3.8) is 0 Å². The maximum absolute atomic E-state index is 12.6. The topological polar surface area (TPSA) is 84.5 Å². The predicted molar refractivity (Wildman–Crippen MR) is 111 cm³/mol. The smallest absolute Gasteiger partial charge is 0.193 e. The van der Waals surface area contributed by atoms with Crippen LogP contribution in [0.3, 0.4) is 0 Å². The van der Waals surface area contributed by atoms with Crippen LogP contribution < -0.4 is 11.1 Å². The Labute approximate surface area is 161 Å². The number of fused-ring (bicyclic) bond motifs is 1. The highest BCUT2D eigenvalue weighted by Gasteiger charge is 2.20. The van der Waals surface area contributed by atoms with Gasteiger partial charge in [-0.05, 0) is 61.4 Å². The Morgan fingerprint density at radius 1 is 1.11 bits per heavy atom. The molecule has 2 aromatic carbocycles. The van der Waals surface area contributed by atoms with Gasteiger partial charge in [-0.15, -0.1) is 0 Å². The van der Waals surface area contributed by atoms with Crippen molar-refractivity contribution in [3.8, 4) is 0 Å². The molecule has 0 spiro atoms. The van der Waals surface area contributed by atoms with Crippen molar-refractivity contribution in [3.05, 3.63) is 59.7 Å². The highest BCUT2D eigenvalue weighted by Crippen LogP contribution is 2.27. The molecule has 0 bridgehead atoms. The second-order valence-corrected chi connectivity index (χ2v) is 8.98. The fourth-order valence-corrected chi connectivity index (χ4v) is 5.07. The van der Waals surface area contributed by atoms with Gasteiger partial charge in [0, 0.05) is 5.69 Å². The quantitative estimate of drug-likeness (QED) is 0.588. The molecule has 3 N–H and O–H groups in total. The van der Waals surface area contributed by atoms with E-state index in [0.717, 1.165) is 18.5 Å². The van der Waals surface area contributed by atoms with Crippen molar-refractivity contribution >= 4 is 21.5 Å². The van der Waals surface area contributed by atoms with Crippen LogP contribution in [0.4, 0.5) is 5.69 Å². The maximum Gasteiger partial charge on any atom is 0.193 e. The second-order valence-electron chi connectivity index (χ2n) is 6.95. The Morgan fingerprint density at radius 2 is 1.85 bits per heavy atom. The standard InChI is InChI=1S/C21H27N3O2S/c1-2-17(15-27(25,26)18-11-4-3-5-12-18)23-21(22)24-20-14-8-10-16-9-6-7-13-19(16)20/h3-5,8,10-12,14,17H,2,6-7,9,13,15H2,1H3,(H3,22,23,24). The Morgan fingerprint density at radius 3 is 2.59 bits per heavy atom. The van der Waals surface area contributed by atoms with Crippen LogP contribution >= 0.6 is 0 Å². The molecular weight excluding hydrogens is 358 g/mol. The molecule has 0 fully saturated rings. The van der Waals surface area contributed by atoms with E-state index in [0.29, 0.717) is 11.3 Å². The molecule has 0 radical (unpaired) electrons. The number of guanidine groups is 1. The number of anilines is 1. The highest BCUT2D eigenvalue weighted by molar-refractivity contribution is 7.91. The Bertz CT molecular complexity index is 908. The minimum absolute atomic E-state index is 0.0528. The van der Waals surface area contributed by atoms with E-state index in [1.165, 1.54) is 24.0 Å². The molecule has 1 aliphatic carbocycles. The average molecular weight is 386 g/mol. The number of nitrogens with two attached hydrogens (primary N) is 1. The number of hydrogen-bond acceptors (Lipinski definition) is 3. The average Bonchev–Trinajstić information content (AvgIpc) is 2.68. The largest absolute Gasteiger partial charge is 0.370 e. The van der Waals surface area contributed by atoms with Crippen molar-refractivity contribution < 1.29 is 8.42 Å².